The third kappa shape index (κ3) is 2.67. The second kappa shape index (κ2) is 3.98. The van der Waals surface area contributed by atoms with Gasteiger partial charge in [-0.3, -0.25) is 9.11 Å². The highest BCUT2D eigenvalue weighted by Gasteiger charge is 2.23. The van der Waals surface area contributed by atoms with Gasteiger partial charge in [-0.05, 0) is 17.7 Å². The normalized spacial score (nSPS) is 12.4. The van der Waals surface area contributed by atoms with Crippen molar-refractivity contribution < 1.29 is 25.9 Å². The van der Waals surface area contributed by atoms with E-state index in [1.807, 2.05) is 0 Å². The molecule has 0 aliphatic carbocycles. The SMILES string of the molecule is C=Cc1ccc(S(=O)(=O)O)c(S(=O)(=O)O)c1. The first-order valence-electron chi connectivity index (χ1n) is 3.88. The molecule has 1 aromatic carbocycles. The van der Waals surface area contributed by atoms with E-state index in [9.17, 15) is 16.8 Å². The lowest BCUT2D eigenvalue weighted by molar-refractivity contribution is 0.466. The monoisotopic (exact) mass is 264 g/mol. The van der Waals surface area contributed by atoms with Gasteiger partial charge in [0.15, 0.2) is 0 Å². The molecule has 0 spiro atoms. The van der Waals surface area contributed by atoms with Crippen molar-refractivity contribution in [2.75, 3.05) is 0 Å². The molecular formula is C8H8O6S2. The lowest BCUT2D eigenvalue weighted by atomic mass is 10.2. The summed E-state index contributed by atoms with van der Waals surface area (Å²) in [6, 6.07) is 3.01. The van der Waals surface area contributed by atoms with E-state index in [0.29, 0.717) is 5.56 Å². The molecule has 0 atom stereocenters. The van der Waals surface area contributed by atoms with Gasteiger partial charge in [-0.1, -0.05) is 18.7 Å². The summed E-state index contributed by atoms with van der Waals surface area (Å²) in [5, 5.41) is 0. The maximum atomic E-state index is 10.9. The van der Waals surface area contributed by atoms with Crippen LogP contribution in [0, 0.1) is 0 Å². The standard InChI is InChI=1S/C8H8O6S2/c1-2-6-3-4-7(15(9,10)11)8(5-6)16(12,13)14/h2-5H,1H2,(H,9,10,11)(H,12,13,14). The van der Waals surface area contributed by atoms with Crippen molar-refractivity contribution in [3.8, 4) is 0 Å². The molecular weight excluding hydrogens is 256 g/mol. The summed E-state index contributed by atoms with van der Waals surface area (Å²) in [7, 11) is -9.45. The van der Waals surface area contributed by atoms with E-state index in [1.54, 1.807) is 0 Å². The van der Waals surface area contributed by atoms with Crippen LogP contribution in [0.5, 0.6) is 0 Å². The molecule has 1 aromatic rings. The van der Waals surface area contributed by atoms with Gasteiger partial charge >= 0.3 is 0 Å². The van der Waals surface area contributed by atoms with Crippen molar-refractivity contribution in [3.05, 3.63) is 30.3 Å². The quantitative estimate of drug-likeness (QED) is 0.782. The Morgan fingerprint density at radius 3 is 1.88 bits per heavy atom. The first-order valence-corrected chi connectivity index (χ1v) is 6.76. The minimum Gasteiger partial charge on any atom is -0.282 e. The highest BCUT2D eigenvalue weighted by atomic mass is 32.2. The van der Waals surface area contributed by atoms with E-state index in [1.165, 1.54) is 12.1 Å². The van der Waals surface area contributed by atoms with Crippen LogP contribution in [-0.2, 0) is 20.2 Å². The Morgan fingerprint density at radius 1 is 1.00 bits per heavy atom. The Kier molecular flexibility index (Phi) is 3.20. The maximum absolute atomic E-state index is 10.9. The average molecular weight is 264 g/mol. The zero-order chi connectivity index (χ0) is 12.6. The molecule has 1 rings (SSSR count). The molecule has 0 aliphatic rings. The van der Waals surface area contributed by atoms with Gasteiger partial charge in [0, 0.05) is 0 Å². The predicted molar refractivity (Wildman–Crippen MR) is 56.2 cm³/mol. The summed E-state index contributed by atoms with van der Waals surface area (Å²) in [4.78, 5) is -1.76. The van der Waals surface area contributed by atoms with Gasteiger partial charge in [0.1, 0.15) is 9.79 Å². The number of rotatable bonds is 3. The zero-order valence-corrected chi connectivity index (χ0v) is 9.49. The van der Waals surface area contributed by atoms with Gasteiger partial charge in [0.2, 0.25) is 0 Å². The first kappa shape index (κ1) is 12.8. The fraction of sp³-hybridized carbons (Fsp3) is 0. The van der Waals surface area contributed by atoms with Crippen molar-refractivity contribution in [1.29, 1.82) is 0 Å². The fourth-order valence-corrected chi connectivity index (χ4v) is 2.86. The number of hydrogen-bond donors (Lipinski definition) is 2. The second-order valence-electron chi connectivity index (χ2n) is 2.86. The molecule has 0 aliphatic heterocycles. The van der Waals surface area contributed by atoms with E-state index in [0.717, 1.165) is 12.1 Å². The van der Waals surface area contributed by atoms with Crippen molar-refractivity contribution in [2.24, 2.45) is 0 Å². The third-order valence-electron chi connectivity index (χ3n) is 1.76. The molecule has 0 unspecified atom stereocenters. The summed E-state index contributed by atoms with van der Waals surface area (Å²) in [5.41, 5.74) is 0.292. The van der Waals surface area contributed by atoms with Crippen LogP contribution >= 0.6 is 0 Å². The van der Waals surface area contributed by atoms with Crippen molar-refractivity contribution in [3.63, 3.8) is 0 Å². The van der Waals surface area contributed by atoms with E-state index < -0.39 is 30.0 Å². The topological polar surface area (TPSA) is 109 Å². The van der Waals surface area contributed by atoms with Gasteiger partial charge in [-0.15, -0.1) is 0 Å². The molecule has 0 aromatic heterocycles. The average Bonchev–Trinajstić information content (AvgIpc) is 2.14. The van der Waals surface area contributed by atoms with Crippen molar-refractivity contribution in [1.82, 2.24) is 0 Å². The summed E-state index contributed by atoms with van der Waals surface area (Å²) in [5.74, 6) is 0. The maximum Gasteiger partial charge on any atom is 0.295 e. The van der Waals surface area contributed by atoms with Gasteiger partial charge < -0.3 is 0 Å². The summed E-state index contributed by atoms with van der Waals surface area (Å²) in [6.07, 6.45) is 1.27. The van der Waals surface area contributed by atoms with Crippen LogP contribution in [0.4, 0.5) is 0 Å². The van der Waals surface area contributed by atoms with E-state index in [-0.39, 0.29) is 0 Å². The van der Waals surface area contributed by atoms with E-state index >= 15 is 0 Å². The molecule has 0 fully saturated rings. The molecule has 0 saturated carbocycles. The van der Waals surface area contributed by atoms with Crippen LogP contribution in [0.3, 0.4) is 0 Å². The molecule has 0 amide bonds. The first-order chi connectivity index (χ1) is 7.16. The molecule has 0 radical (unpaired) electrons. The van der Waals surface area contributed by atoms with Crippen LogP contribution < -0.4 is 0 Å². The number of benzene rings is 1. The van der Waals surface area contributed by atoms with E-state index in [4.69, 9.17) is 9.11 Å². The smallest absolute Gasteiger partial charge is 0.282 e. The highest BCUT2D eigenvalue weighted by molar-refractivity contribution is 7.89. The Hall–Kier alpha value is -1.22. The van der Waals surface area contributed by atoms with Crippen molar-refractivity contribution >= 4 is 26.3 Å². The van der Waals surface area contributed by atoms with Gasteiger partial charge in [-0.25, -0.2) is 0 Å². The molecule has 0 saturated heterocycles. The number of hydrogen-bond acceptors (Lipinski definition) is 4. The van der Waals surface area contributed by atoms with Crippen molar-refractivity contribution in [2.45, 2.75) is 9.79 Å². The third-order valence-corrected chi connectivity index (χ3v) is 3.69. The zero-order valence-electron chi connectivity index (χ0n) is 7.86. The Balaban J connectivity index is 3.72. The van der Waals surface area contributed by atoms with Gasteiger partial charge in [0.25, 0.3) is 20.2 Å². The lowest BCUT2D eigenvalue weighted by Crippen LogP contribution is -2.08. The lowest BCUT2D eigenvalue weighted by Gasteiger charge is -2.05. The minimum atomic E-state index is -4.74. The Bertz CT molecular complexity index is 626. The second-order valence-corrected chi connectivity index (χ2v) is 5.64. The fourth-order valence-electron chi connectivity index (χ4n) is 1.07. The molecule has 88 valence electrons. The van der Waals surface area contributed by atoms with Crippen LogP contribution in [0.25, 0.3) is 6.08 Å². The Labute approximate surface area is 92.7 Å². The van der Waals surface area contributed by atoms with E-state index in [2.05, 4.69) is 6.58 Å². The van der Waals surface area contributed by atoms with Crippen LogP contribution in [0.15, 0.2) is 34.6 Å². The Morgan fingerprint density at radius 2 is 1.50 bits per heavy atom. The largest absolute Gasteiger partial charge is 0.295 e. The molecule has 8 heteroatoms. The van der Waals surface area contributed by atoms with Crippen LogP contribution in [0.1, 0.15) is 5.56 Å². The summed E-state index contributed by atoms with van der Waals surface area (Å²) < 4.78 is 61.1. The molecule has 0 bridgehead atoms. The molecule has 0 heterocycles. The predicted octanol–water partition coefficient (Wildman–Crippen LogP) is 0.823. The van der Waals surface area contributed by atoms with Crippen LogP contribution in [0.2, 0.25) is 0 Å². The molecule has 2 N–H and O–H groups in total. The molecule has 16 heavy (non-hydrogen) atoms. The summed E-state index contributed by atoms with van der Waals surface area (Å²) >= 11 is 0. The van der Waals surface area contributed by atoms with Gasteiger partial charge in [-0.2, -0.15) is 16.8 Å². The molecule has 6 nitrogen and oxygen atoms in total. The van der Waals surface area contributed by atoms with Gasteiger partial charge in [0.05, 0.1) is 0 Å². The summed E-state index contributed by atoms with van der Waals surface area (Å²) in [6.45, 7) is 3.36. The van der Waals surface area contributed by atoms with Crippen LogP contribution in [-0.4, -0.2) is 25.9 Å². The highest BCUT2D eigenvalue weighted by Crippen LogP contribution is 2.22. The minimum absolute atomic E-state index is 0.292.